The van der Waals surface area contributed by atoms with E-state index in [1.807, 2.05) is 21.1 Å². The van der Waals surface area contributed by atoms with E-state index in [0.29, 0.717) is 23.9 Å². The zero-order valence-electron chi connectivity index (χ0n) is 62.6. The molecule has 0 spiro atoms. The van der Waals surface area contributed by atoms with Crippen molar-refractivity contribution in [3.63, 3.8) is 0 Å². The third-order valence-corrected chi connectivity index (χ3v) is 17.9. The molecule has 0 saturated carbocycles. The average molecular weight is 1320 g/mol. The van der Waals surface area contributed by atoms with Gasteiger partial charge in [-0.1, -0.05) is 381 Å². The van der Waals surface area contributed by atoms with E-state index in [9.17, 15) is 19.5 Å². The van der Waals surface area contributed by atoms with Crippen LogP contribution in [0.4, 0.5) is 0 Å². The molecule has 0 N–H and O–H groups in total. The van der Waals surface area contributed by atoms with E-state index in [2.05, 4.69) is 98.9 Å². The van der Waals surface area contributed by atoms with E-state index >= 15 is 0 Å². The third kappa shape index (κ3) is 75.8. The molecule has 94 heavy (non-hydrogen) atoms. The predicted molar refractivity (Wildman–Crippen MR) is 403 cm³/mol. The van der Waals surface area contributed by atoms with Crippen molar-refractivity contribution in [1.29, 1.82) is 0 Å². The quantitative estimate of drug-likeness (QED) is 0.0195. The first-order chi connectivity index (χ1) is 46.1. The summed E-state index contributed by atoms with van der Waals surface area (Å²) in [6.07, 6.45) is 99.9. The van der Waals surface area contributed by atoms with Gasteiger partial charge < -0.3 is 33.3 Å². The number of hydrogen-bond acceptors (Lipinski definition) is 8. The number of allylic oxidation sites excluding steroid dienone is 14. The number of quaternary nitrogens is 1. The summed E-state index contributed by atoms with van der Waals surface area (Å²) in [5.41, 5.74) is 0. The lowest BCUT2D eigenvalue weighted by molar-refractivity contribution is -0.870. The van der Waals surface area contributed by atoms with Crippen LogP contribution < -0.4 is 5.11 Å². The number of nitrogens with zero attached hydrogens (tertiary/aromatic N) is 1. The fourth-order valence-electron chi connectivity index (χ4n) is 11.8. The topological polar surface area (TPSA) is 111 Å². The van der Waals surface area contributed by atoms with E-state index in [0.717, 1.165) is 77.0 Å². The van der Waals surface area contributed by atoms with Gasteiger partial charge in [-0.3, -0.25) is 9.59 Å². The molecule has 0 aliphatic rings. The van der Waals surface area contributed by atoms with Gasteiger partial charge in [0.05, 0.1) is 40.3 Å². The van der Waals surface area contributed by atoms with E-state index in [1.54, 1.807) is 0 Å². The number of unbranched alkanes of at least 4 members (excludes halogenated alkanes) is 46. The number of esters is 2. The zero-order chi connectivity index (χ0) is 68.2. The van der Waals surface area contributed by atoms with Gasteiger partial charge in [0.2, 0.25) is 0 Å². The molecule has 0 aromatic carbocycles. The summed E-state index contributed by atoms with van der Waals surface area (Å²) in [6, 6.07) is 0. The first kappa shape index (κ1) is 90.5. The molecule has 0 saturated heterocycles. The van der Waals surface area contributed by atoms with Crippen molar-refractivity contribution in [3.8, 4) is 0 Å². The molecule has 0 fully saturated rings. The lowest BCUT2D eigenvalue weighted by atomic mass is 10.0. The van der Waals surface area contributed by atoms with Crippen molar-refractivity contribution in [2.45, 2.75) is 392 Å². The maximum Gasteiger partial charge on any atom is 0.306 e. The molecule has 0 aromatic heterocycles. The Morgan fingerprint density at radius 2 is 0.606 bits per heavy atom. The number of aliphatic carboxylic acids is 1. The minimum absolute atomic E-state index is 0.148. The number of carbonyl (C=O) groups is 3. The number of carboxylic acids is 1. The lowest BCUT2D eigenvalue weighted by Gasteiger charge is -2.26. The molecule has 546 valence electrons. The van der Waals surface area contributed by atoms with Crippen LogP contribution in [0.15, 0.2) is 85.1 Å². The Morgan fingerprint density at radius 3 is 0.904 bits per heavy atom. The standard InChI is InChI=1S/C85H153NO8/c1-6-8-10-12-14-16-18-20-22-24-26-28-30-32-34-36-38-39-40-41-42-43-44-45-46-48-50-52-54-56-58-60-62-64-66-68-70-72-74-76-83(88)94-81(80-93-85(84(89)90)91-78-77-86(3,4)5)79-92-82(87)75-73-71-69-67-65-63-61-59-57-55-53-51-49-47-37-35-33-31-29-27-25-23-21-19-17-15-13-11-9-7-2/h8,10,14,16,20,22,26,28,32,34,38-39,41-42,81,85H,6-7,9,11-13,15,17-19,21,23-25,27,29-31,33,35-37,40,43-80H2,1-5H3/b10-8-,16-14-,22-20-,28-26-,34-32-,39-38-,42-41-. The predicted octanol–water partition coefficient (Wildman–Crippen LogP) is 24.4. The van der Waals surface area contributed by atoms with E-state index in [-0.39, 0.29) is 32.2 Å². The summed E-state index contributed by atoms with van der Waals surface area (Å²) in [7, 11) is 5.95. The van der Waals surface area contributed by atoms with Crippen LogP contribution >= 0.6 is 0 Å². The highest BCUT2D eigenvalue weighted by atomic mass is 16.7. The minimum atomic E-state index is -1.62. The van der Waals surface area contributed by atoms with Crippen LogP contribution in [0.5, 0.6) is 0 Å². The zero-order valence-corrected chi connectivity index (χ0v) is 62.6. The fourth-order valence-corrected chi connectivity index (χ4v) is 11.8. The van der Waals surface area contributed by atoms with Gasteiger partial charge in [-0.25, -0.2) is 0 Å². The number of ether oxygens (including phenoxy) is 4. The second kappa shape index (κ2) is 75.2. The minimum Gasteiger partial charge on any atom is -0.545 e. The summed E-state index contributed by atoms with van der Waals surface area (Å²) >= 11 is 0. The highest BCUT2D eigenvalue weighted by Crippen LogP contribution is 2.19. The van der Waals surface area contributed by atoms with Gasteiger partial charge in [-0.05, 0) is 70.6 Å². The average Bonchev–Trinajstić information content (AvgIpc) is 3.76. The smallest absolute Gasteiger partial charge is 0.306 e. The molecule has 9 nitrogen and oxygen atoms in total. The van der Waals surface area contributed by atoms with Crippen molar-refractivity contribution >= 4 is 17.9 Å². The summed E-state index contributed by atoms with van der Waals surface area (Å²) < 4.78 is 22.9. The van der Waals surface area contributed by atoms with Crippen molar-refractivity contribution in [1.82, 2.24) is 0 Å². The number of rotatable bonds is 75. The first-order valence-electron chi connectivity index (χ1n) is 40.2. The highest BCUT2D eigenvalue weighted by Gasteiger charge is 2.22. The first-order valence-corrected chi connectivity index (χ1v) is 40.2. The second-order valence-corrected chi connectivity index (χ2v) is 28.3. The Labute approximate surface area is 582 Å². The third-order valence-electron chi connectivity index (χ3n) is 17.9. The largest absolute Gasteiger partial charge is 0.545 e. The van der Waals surface area contributed by atoms with E-state index in [4.69, 9.17) is 18.9 Å². The van der Waals surface area contributed by atoms with Gasteiger partial charge in [0.15, 0.2) is 12.4 Å². The van der Waals surface area contributed by atoms with E-state index in [1.165, 1.54) is 270 Å². The molecule has 0 radical (unpaired) electrons. The fraction of sp³-hybridized carbons (Fsp3) is 0.800. The number of hydrogen-bond donors (Lipinski definition) is 0. The number of likely N-dealkylation sites (N-methyl/N-ethyl adjacent to an activating group) is 1. The van der Waals surface area contributed by atoms with Gasteiger partial charge in [0, 0.05) is 12.8 Å². The molecule has 2 unspecified atom stereocenters. The maximum atomic E-state index is 13.0. The normalized spacial score (nSPS) is 13.1. The van der Waals surface area contributed by atoms with Crippen molar-refractivity contribution in [2.24, 2.45) is 0 Å². The van der Waals surface area contributed by atoms with Crippen LogP contribution in [0, 0.1) is 0 Å². The van der Waals surface area contributed by atoms with Gasteiger partial charge in [0.1, 0.15) is 13.2 Å². The van der Waals surface area contributed by atoms with Gasteiger partial charge in [0.25, 0.3) is 0 Å². The molecule has 0 heterocycles. The van der Waals surface area contributed by atoms with Crippen molar-refractivity contribution in [2.75, 3.05) is 47.5 Å². The molecular formula is C85H153NO8. The van der Waals surface area contributed by atoms with Crippen LogP contribution in [-0.4, -0.2) is 82.3 Å². The summed E-state index contributed by atoms with van der Waals surface area (Å²) in [5, 5.41) is 11.9. The Kier molecular flexibility index (Phi) is 72.4. The van der Waals surface area contributed by atoms with Crippen LogP contribution in [0.2, 0.25) is 0 Å². The molecule has 0 aliphatic carbocycles. The SMILES string of the molecule is CC/C=C\C/C=C\C/C=C\C/C=C\C/C=C\C/C=C\C/C=C\CCCCCCCCCCCCCCCCCCCC(=O)OC(COC(=O)CCCCCCCCCCCCCCCCCCCCCCCCCCCCCCCC)COC(OCC[N+](C)(C)C)C(=O)[O-]. The van der Waals surface area contributed by atoms with Crippen LogP contribution in [0.3, 0.4) is 0 Å². The molecular weight excluding hydrogens is 1160 g/mol. The summed E-state index contributed by atoms with van der Waals surface area (Å²) in [6.45, 7) is 4.70. The molecule has 0 bridgehead atoms. The maximum absolute atomic E-state index is 13.0. The Morgan fingerprint density at radius 1 is 0.330 bits per heavy atom. The van der Waals surface area contributed by atoms with Gasteiger partial charge in [-0.15, -0.1) is 0 Å². The molecule has 0 rings (SSSR count). The molecule has 2 atom stereocenters. The monoisotopic (exact) mass is 1320 g/mol. The number of carbonyl (C=O) groups excluding carboxylic acids is 3. The van der Waals surface area contributed by atoms with Crippen molar-refractivity contribution < 1.29 is 42.9 Å². The Bertz CT molecular complexity index is 1820. The van der Waals surface area contributed by atoms with Gasteiger partial charge in [-0.2, -0.15) is 0 Å². The second-order valence-electron chi connectivity index (χ2n) is 28.3. The highest BCUT2D eigenvalue weighted by molar-refractivity contribution is 5.70. The molecule has 0 aromatic rings. The molecule has 9 heteroatoms. The van der Waals surface area contributed by atoms with E-state index < -0.39 is 24.3 Å². The van der Waals surface area contributed by atoms with Gasteiger partial charge >= 0.3 is 11.9 Å². The van der Waals surface area contributed by atoms with Crippen LogP contribution in [0.1, 0.15) is 380 Å². The summed E-state index contributed by atoms with van der Waals surface area (Å²) in [4.78, 5) is 37.6. The van der Waals surface area contributed by atoms with Crippen molar-refractivity contribution in [3.05, 3.63) is 85.1 Å². The lowest BCUT2D eigenvalue weighted by Crippen LogP contribution is -2.44. The summed E-state index contributed by atoms with van der Waals surface area (Å²) in [5.74, 6) is -2.26. The van der Waals surface area contributed by atoms with Crippen LogP contribution in [0.25, 0.3) is 0 Å². The Hall–Kier alpha value is -3.53. The Balaban J connectivity index is 4.00. The molecule has 0 amide bonds. The van der Waals surface area contributed by atoms with Crippen LogP contribution in [-0.2, 0) is 33.3 Å². The molecule has 0 aliphatic heterocycles. The number of carboxylic acid groups (broad SMARTS) is 1.